The predicted molar refractivity (Wildman–Crippen MR) is 64.3 cm³/mol. The van der Waals surface area contributed by atoms with Crippen molar-refractivity contribution in [2.24, 2.45) is 11.8 Å². The summed E-state index contributed by atoms with van der Waals surface area (Å²) in [7, 11) is 0. The van der Waals surface area contributed by atoms with Crippen LogP contribution in [-0.4, -0.2) is 39.9 Å². The van der Waals surface area contributed by atoms with Gasteiger partial charge in [-0.3, -0.25) is 0 Å². The van der Waals surface area contributed by atoms with Crippen LogP contribution in [0.25, 0.3) is 11.0 Å². The van der Waals surface area contributed by atoms with E-state index in [1.54, 1.807) is 12.1 Å². The Labute approximate surface area is 108 Å². The van der Waals surface area contributed by atoms with Gasteiger partial charge in [0, 0.05) is 0 Å². The number of carboxylic acids is 1. The Morgan fingerprint density at radius 2 is 2.17 bits per heavy atom. The third-order valence-electron chi connectivity index (χ3n) is 2.99. The fourth-order valence-corrected chi connectivity index (χ4v) is 3.04. The van der Waals surface area contributed by atoms with Crippen molar-refractivity contribution < 1.29 is 14.7 Å². The van der Waals surface area contributed by atoms with E-state index in [0.717, 1.165) is 5.52 Å². The number of nitrogens with zero attached hydrogens (tertiary/aromatic N) is 2. The molecule has 3 rings (SSSR count). The van der Waals surface area contributed by atoms with E-state index in [1.807, 2.05) is 6.07 Å². The summed E-state index contributed by atoms with van der Waals surface area (Å²) < 4.78 is 8.47. The maximum atomic E-state index is 11.8. The summed E-state index contributed by atoms with van der Waals surface area (Å²) in [4.78, 5) is 22.6. The van der Waals surface area contributed by atoms with E-state index in [0.29, 0.717) is 17.6 Å². The Morgan fingerprint density at radius 3 is 2.89 bits per heavy atom. The van der Waals surface area contributed by atoms with Crippen LogP contribution >= 0.6 is 0 Å². The molecule has 1 aromatic carbocycles. The molecule has 0 radical (unpaired) electrons. The summed E-state index contributed by atoms with van der Waals surface area (Å²) in [5.74, 6) is -2.10. The normalized spacial score (nSPS) is 21.8. The number of carboxylic acid groups (broad SMARTS) is 1. The van der Waals surface area contributed by atoms with Crippen molar-refractivity contribution in [2.75, 3.05) is 5.32 Å². The van der Waals surface area contributed by atoms with E-state index < -0.39 is 17.8 Å². The van der Waals surface area contributed by atoms with Gasteiger partial charge in [0.1, 0.15) is 0 Å². The molecule has 1 amide bonds. The summed E-state index contributed by atoms with van der Waals surface area (Å²) >= 11 is -0.146. The zero-order valence-electron chi connectivity index (χ0n) is 9.16. The first-order chi connectivity index (χ1) is 8.66. The summed E-state index contributed by atoms with van der Waals surface area (Å²) in [6.07, 6.45) is 0.418. The first kappa shape index (κ1) is 11.4. The van der Waals surface area contributed by atoms with E-state index >= 15 is 0 Å². The maximum absolute atomic E-state index is 11.8. The average Bonchev–Trinajstić information content (AvgIpc) is 3.01. The third-order valence-corrected chi connectivity index (χ3v) is 4.13. The van der Waals surface area contributed by atoms with E-state index in [1.165, 1.54) is 0 Å². The van der Waals surface area contributed by atoms with Gasteiger partial charge in [0.25, 0.3) is 0 Å². The topological polar surface area (TPSA) is 92.2 Å². The van der Waals surface area contributed by atoms with Crippen molar-refractivity contribution in [3.63, 3.8) is 0 Å². The molecule has 2 aromatic rings. The summed E-state index contributed by atoms with van der Waals surface area (Å²) in [5.41, 5.74) is 2.12. The Bertz CT molecular complexity index is 639. The molecule has 6 nitrogen and oxygen atoms in total. The van der Waals surface area contributed by atoms with Crippen LogP contribution in [0.15, 0.2) is 18.2 Å². The van der Waals surface area contributed by atoms with E-state index in [4.69, 9.17) is 5.11 Å². The predicted octanol–water partition coefficient (Wildman–Crippen LogP) is 0.346. The number of rotatable bonds is 3. The number of benzene rings is 1. The first-order valence-corrected chi connectivity index (χ1v) is 6.95. The molecule has 1 aromatic heterocycles. The molecule has 1 aliphatic rings. The molecule has 1 saturated carbocycles. The van der Waals surface area contributed by atoms with Crippen molar-refractivity contribution >= 4 is 43.6 Å². The standard InChI is InChI=1S/C11H9N3O3Se/c15-10(5-4-6(5)11(16)17)12-7-2-1-3-8-9(7)14-18-13-8/h1-3,5-6H,4H2,(H,12,15)(H,16,17). The average molecular weight is 310 g/mol. The van der Waals surface area contributed by atoms with Gasteiger partial charge in [-0.15, -0.1) is 0 Å². The van der Waals surface area contributed by atoms with E-state index in [9.17, 15) is 9.59 Å². The van der Waals surface area contributed by atoms with Crippen LogP contribution in [0, 0.1) is 11.8 Å². The van der Waals surface area contributed by atoms with Gasteiger partial charge in [-0.25, -0.2) is 0 Å². The molecule has 2 N–H and O–H groups in total. The van der Waals surface area contributed by atoms with Gasteiger partial charge >= 0.3 is 108 Å². The van der Waals surface area contributed by atoms with Crippen LogP contribution in [-0.2, 0) is 9.59 Å². The van der Waals surface area contributed by atoms with Crippen LogP contribution < -0.4 is 5.32 Å². The van der Waals surface area contributed by atoms with Gasteiger partial charge in [-0.05, 0) is 0 Å². The molecule has 0 spiro atoms. The molecule has 18 heavy (non-hydrogen) atoms. The number of aliphatic carboxylic acids is 1. The van der Waals surface area contributed by atoms with Crippen LogP contribution in [0.3, 0.4) is 0 Å². The fraction of sp³-hybridized carbons (Fsp3) is 0.273. The van der Waals surface area contributed by atoms with Crippen LogP contribution in [0.5, 0.6) is 0 Å². The molecule has 2 atom stereocenters. The molecular weight excluding hydrogens is 301 g/mol. The number of nitrogens with one attached hydrogen (secondary N) is 1. The number of anilines is 1. The molecule has 0 bridgehead atoms. The van der Waals surface area contributed by atoms with Crippen LogP contribution in [0.2, 0.25) is 0 Å². The monoisotopic (exact) mass is 311 g/mol. The van der Waals surface area contributed by atoms with Gasteiger partial charge in [0.05, 0.1) is 0 Å². The quantitative estimate of drug-likeness (QED) is 0.798. The summed E-state index contributed by atoms with van der Waals surface area (Å²) in [6, 6.07) is 5.41. The van der Waals surface area contributed by atoms with Gasteiger partial charge in [0.15, 0.2) is 0 Å². The van der Waals surface area contributed by atoms with Gasteiger partial charge in [-0.1, -0.05) is 0 Å². The van der Waals surface area contributed by atoms with Gasteiger partial charge in [-0.2, -0.15) is 0 Å². The first-order valence-electron chi connectivity index (χ1n) is 5.42. The van der Waals surface area contributed by atoms with Crippen LogP contribution in [0.4, 0.5) is 5.69 Å². The van der Waals surface area contributed by atoms with Gasteiger partial charge < -0.3 is 0 Å². The minimum absolute atomic E-state index is 0.146. The van der Waals surface area contributed by atoms with Crippen LogP contribution in [0.1, 0.15) is 6.42 Å². The Balaban J connectivity index is 1.79. The van der Waals surface area contributed by atoms with Crippen molar-refractivity contribution in [3.05, 3.63) is 18.2 Å². The molecule has 92 valence electrons. The Kier molecular flexibility index (Phi) is 2.65. The number of hydrogen-bond donors (Lipinski definition) is 2. The Morgan fingerprint density at radius 1 is 1.33 bits per heavy atom. The molecule has 0 saturated heterocycles. The molecule has 1 fully saturated rings. The van der Waals surface area contributed by atoms with E-state index in [2.05, 4.69) is 13.3 Å². The summed E-state index contributed by atoms with van der Waals surface area (Å²) in [6.45, 7) is 0. The zero-order chi connectivity index (χ0) is 12.7. The fourth-order valence-electron chi connectivity index (χ4n) is 1.89. The second kappa shape index (κ2) is 4.19. The molecule has 2 unspecified atom stereocenters. The van der Waals surface area contributed by atoms with Crippen molar-refractivity contribution in [1.29, 1.82) is 0 Å². The Hall–Kier alpha value is -1.72. The molecule has 1 aliphatic carbocycles. The SMILES string of the molecule is O=C(O)C1CC1C(=O)Nc1cccc2n[se]nc12. The minimum atomic E-state index is -0.906. The second-order valence-electron chi connectivity index (χ2n) is 4.21. The molecule has 0 aliphatic heterocycles. The second-order valence-corrected chi connectivity index (χ2v) is 5.32. The molecule has 7 heteroatoms. The number of carbonyl (C=O) groups excluding carboxylic acids is 1. The summed E-state index contributed by atoms with van der Waals surface area (Å²) in [5, 5.41) is 11.5. The number of carbonyl (C=O) groups is 2. The number of aromatic nitrogens is 2. The number of fused-ring (bicyclic) bond motifs is 1. The molecular formula is C11H9N3O3Se. The zero-order valence-corrected chi connectivity index (χ0v) is 10.9. The molecule has 1 heterocycles. The van der Waals surface area contributed by atoms with E-state index in [-0.39, 0.29) is 20.9 Å². The van der Waals surface area contributed by atoms with Crippen molar-refractivity contribution in [1.82, 2.24) is 7.96 Å². The number of amides is 1. The van der Waals surface area contributed by atoms with Gasteiger partial charge in [0.2, 0.25) is 0 Å². The third kappa shape index (κ3) is 1.91. The van der Waals surface area contributed by atoms with Crippen molar-refractivity contribution in [3.8, 4) is 0 Å². The number of hydrogen-bond acceptors (Lipinski definition) is 4. The van der Waals surface area contributed by atoms with Crippen molar-refractivity contribution in [2.45, 2.75) is 6.42 Å².